The molecule has 0 saturated heterocycles. The predicted octanol–water partition coefficient (Wildman–Crippen LogP) is 3.62. The van der Waals surface area contributed by atoms with Gasteiger partial charge in [-0.3, -0.25) is 4.79 Å². The molecule has 1 amide bonds. The van der Waals surface area contributed by atoms with Crippen molar-refractivity contribution in [2.45, 2.75) is 78.1 Å². The van der Waals surface area contributed by atoms with Crippen LogP contribution in [0.1, 0.15) is 78.1 Å². The second kappa shape index (κ2) is 13.9. The van der Waals surface area contributed by atoms with Crippen LogP contribution < -0.4 is 11.1 Å². The van der Waals surface area contributed by atoms with Crippen LogP contribution in [0, 0.1) is 5.92 Å². The molecule has 0 aromatic heterocycles. The second-order valence-electron chi connectivity index (χ2n) is 5.49. The lowest BCUT2D eigenvalue weighted by Crippen LogP contribution is -2.35. The third-order valence-corrected chi connectivity index (χ3v) is 3.62. The molecule has 1 unspecified atom stereocenters. The molecule has 0 aliphatic rings. The lowest BCUT2D eigenvalue weighted by Gasteiger charge is -2.13. The molecule has 0 bridgehead atoms. The van der Waals surface area contributed by atoms with E-state index in [1.165, 1.54) is 44.9 Å². The molecule has 0 rings (SSSR count). The topological polar surface area (TPSA) is 55.1 Å². The zero-order valence-corrected chi connectivity index (χ0v) is 13.0. The van der Waals surface area contributed by atoms with Gasteiger partial charge in [0.2, 0.25) is 5.91 Å². The number of amides is 1. The lowest BCUT2D eigenvalue weighted by atomic mass is 10.0. The third-order valence-electron chi connectivity index (χ3n) is 3.62. The van der Waals surface area contributed by atoms with Crippen molar-refractivity contribution in [1.82, 2.24) is 5.32 Å². The van der Waals surface area contributed by atoms with Crippen molar-refractivity contribution in [3.63, 3.8) is 0 Å². The van der Waals surface area contributed by atoms with Crippen molar-refractivity contribution >= 4 is 5.91 Å². The lowest BCUT2D eigenvalue weighted by molar-refractivity contribution is -0.124. The number of hydrogen-bond donors (Lipinski definition) is 2. The Balaban J connectivity index is 3.35. The minimum Gasteiger partial charge on any atom is -0.356 e. The summed E-state index contributed by atoms with van der Waals surface area (Å²) in [6.45, 7) is 5.62. The average Bonchev–Trinajstić information content (AvgIpc) is 2.42. The van der Waals surface area contributed by atoms with Crippen LogP contribution in [0.3, 0.4) is 0 Å². The van der Waals surface area contributed by atoms with Gasteiger partial charge < -0.3 is 11.1 Å². The van der Waals surface area contributed by atoms with Gasteiger partial charge in [-0.15, -0.1) is 0 Å². The highest BCUT2D eigenvalue weighted by Crippen LogP contribution is 2.08. The highest BCUT2D eigenvalue weighted by Gasteiger charge is 2.14. The fourth-order valence-corrected chi connectivity index (χ4v) is 2.32. The van der Waals surface area contributed by atoms with Gasteiger partial charge in [0.25, 0.3) is 0 Å². The maximum Gasteiger partial charge on any atom is 0.224 e. The molecule has 19 heavy (non-hydrogen) atoms. The van der Waals surface area contributed by atoms with E-state index in [4.69, 9.17) is 5.73 Å². The molecule has 0 radical (unpaired) electrons. The Hall–Kier alpha value is -0.570. The van der Waals surface area contributed by atoms with Crippen molar-refractivity contribution in [2.75, 3.05) is 13.1 Å². The molecule has 0 spiro atoms. The summed E-state index contributed by atoms with van der Waals surface area (Å²) in [5.41, 5.74) is 5.61. The smallest absolute Gasteiger partial charge is 0.224 e. The summed E-state index contributed by atoms with van der Waals surface area (Å²) >= 11 is 0. The fraction of sp³-hybridized carbons (Fsp3) is 0.938. The molecular weight excluding hydrogens is 236 g/mol. The van der Waals surface area contributed by atoms with E-state index in [1.54, 1.807) is 0 Å². The minimum absolute atomic E-state index is 0.0130. The zero-order valence-electron chi connectivity index (χ0n) is 13.0. The number of nitrogens with two attached hydrogens (primary N) is 1. The van der Waals surface area contributed by atoms with Gasteiger partial charge in [0.1, 0.15) is 0 Å². The maximum absolute atomic E-state index is 11.8. The number of rotatable bonds is 13. The molecule has 3 N–H and O–H groups in total. The molecule has 1 atom stereocenters. The first-order valence-corrected chi connectivity index (χ1v) is 8.24. The number of unbranched alkanes of at least 4 members (excludes halogenated alkanes) is 7. The number of carbonyl (C=O) groups excluding carboxylic acids is 1. The van der Waals surface area contributed by atoms with Gasteiger partial charge in [0.05, 0.1) is 5.92 Å². The highest BCUT2D eigenvalue weighted by atomic mass is 16.1. The maximum atomic E-state index is 11.8. The average molecular weight is 270 g/mol. The summed E-state index contributed by atoms with van der Waals surface area (Å²) in [4.78, 5) is 11.8. The number of nitrogens with one attached hydrogen (secondary N) is 1. The molecule has 0 aliphatic carbocycles. The van der Waals surface area contributed by atoms with Crippen LogP contribution in [0.25, 0.3) is 0 Å². The highest BCUT2D eigenvalue weighted by molar-refractivity contribution is 5.78. The Morgan fingerprint density at radius 3 is 2.05 bits per heavy atom. The predicted molar refractivity (Wildman–Crippen MR) is 83.1 cm³/mol. The molecule has 0 heterocycles. The molecule has 3 nitrogen and oxygen atoms in total. The van der Waals surface area contributed by atoms with Gasteiger partial charge in [-0.2, -0.15) is 0 Å². The first kappa shape index (κ1) is 18.4. The Morgan fingerprint density at radius 2 is 1.53 bits per heavy atom. The third kappa shape index (κ3) is 11.0. The largest absolute Gasteiger partial charge is 0.356 e. The summed E-state index contributed by atoms with van der Waals surface area (Å²) in [6, 6.07) is 0. The van der Waals surface area contributed by atoms with Crippen LogP contribution in [0.4, 0.5) is 0 Å². The van der Waals surface area contributed by atoms with Gasteiger partial charge in [-0.05, 0) is 12.8 Å². The van der Waals surface area contributed by atoms with Crippen molar-refractivity contribution in [1.29, 1.82) is 0 Å². The van der Waals surface area contributed by atoms with Gasteiger partial charge in [-0.25, -0.2) is 0 Å². The van der Waals surface area contributed by atoms with E-state index in [1.807, 2.05) is 0 Å². The van der Waals surface area contributed by atoms with E-state index >= 15 is 0 Å². The Kier molecular flexibility index (Phi) is 13.4. The van der Waals surface area contributed by atoms with Gasteiger partial charge in [0, 0.05) is 13.1 Å². The normalized spacial score (nSPS) is 12.4. The SMILES string of the molecule is CCCCCCCCCCNC(=O)C(CN)CCC. The fourth-order valence-electron chi connectivity index (χ4n) is 2.32. The molecule has 0 fully saturated rings. The van der Waals surface area contributed by atoms with Gasteiger partial charge >= 0.3 is 0 Å². The van der Waals surface area contributed by atoms with E-state index < -0.39 is 0 Å². The Labute approximate surface area is 119 Å². The molecule has 114 valence electrons. The second-order valence-corrected chi connectivity index (χ2v) is 5.49. The molecule has 0 aliphatic heterocycles. The number of hydrogen-bond acceptors (Lipinski definition) is 2. The van der Waals surface area contributed by atoms with Crippen LogP contribution >= 0.6 is 0 Å². The van der Waals surface area contributed by atoms with Crippen molar-refractivity contribution in [3.8, 4) is 0 Å². The van der Waals surface area contributed by atoms with Crippen LogP contribution in [0.5, 0.6) is 0 Å². The first-order valence-electron chi connectivity index (χ1n) is 8.24. The molecule has 0 aromatic rings. The van der Waals surface area contributed by atoms with E-state index in [2.05, 4.69) is 19.2 Å². The van der Waals surface area contributed by atoms with Crippen molar-refractivity contribution in [3.05, 3.63) is 0 Å². The van der Waals surface area contributed by atoms with Crippen LogP contribution in [-0.4, -0.2) is 19.0 Å². The van der Waals surface area contributed by atoms with Crippen LogP contribution in [0.2, 0.25) is 0 Å². The molecule has 0 aromatic carbocycles. The standard InChI is InChI=1S/C16H34N2O/c1-3-5-6-7-8-9-10-11-13-18-16(19)15(14-17)12-4-2/h15H,3-14,17H2,1-2H3,(H,18,19). The van der Waals surface area contributed by atoms with Crippen LogP contribution in [0.15, 0.2) is 0 Å². The summed E-state index contributed by atoms with van der Waals surface area (Å²) in [5, 5.41) is 3.01. The summed E-state index contributed by atoms with van der Waals surface area (Å²) in [5.74, 6) is 0.159. The van der Waals surface area contributed by atoms with E-state index in [-0.39, 0.29) is 11.8 Å². The van der Waals surface area contributed by atoms with E-state index in [9.17, 15) is 4.79 Å². The Morgan fingerprint density at radius 1 is 0.947 bits per heavy atom. The number of carbonyl (C=O) groups is 1. The first-order chi connectivity index (χ1) is 9.26. The van der Waals surface area contributed by atoms with Gasteiger partial charge in [-0.1, -0.05) is 65.2 Å². The van der Waals surface area contributed by atoms with E-state index in [0.29, 0.717) is 6.54 Å². The summed E-state index contributed by atoms with van der Waals surface area (Å²) < 4.78 is 0. The Bertz CT molecular complexity index is 207. The monoisotopic (exact) mass is 270 g/mol. The quantitative estimate of drug-likeness (QED) is 0.502. The van der Waals surface area contributed by atoms with E-state index in [0.717, 1.165) is 25.8 Å². The molecule has 0 saturated carbocycles. The zero-order chi connectivity index (χ0) is 14.3. The van der Waals surface area contributed by atoms with Crippen molar-refractivity contribution in [2.24, 2.45) is 11.7 Å². The van der Waals surface area contributed by atoms with Crippen molar-refractivity contribution < 1.29 is 4.79 Å². The molecular formula is C16H34N2O. The van der Waals surface area contributed by atoms with Gasteiger partial charge in [0.15, 0.2) is 0 Å². The summed E-state index contributed by atoms with van der Waals surface area (Å²) in [7, 11) is 0. The molecule has 3 heteroatoms. The minimum atomic E-state index is 0.0130. The van der Waals surface area contributed by atoms with Crippen LogP contribution in [-0.2, 0) is 4.79 Å². The summed E-state index contributed by atoms with van der Waals surface area (Å²) in [6.07, 6.45) is 12.3.